The lowest BCUT2D eigenvalue weighted by molar-refractivity contribution is 0.723. The van der Waals surface area contributed by atoms with E-state index in [2.05, 4.69) is 158 Å². The second-order valence-electron chi connectivity index (χ2n) is 13.3. The monoisotopic (exact) mass is 684 g/mol. The molecule has 1 spiro atoms. The summed E-state index contributed by atoms with van der Waals surface area (Å²) in [6.07, 6.45) is 0. The second-order valence-corrected chi connectivity index (χ2v) is 15.5. The van der Waals surface area contributed by atoms with Crippen molar-refractivity contribution in [3.8, 4) is 45.0 Å². The summed E-state index contributed by atoms with van der Waals surface area (Å²) in [6.45, 7) is 0. The van der Waals surface area contributed by atoms with Gasteiger partial charge in [-0.1, -0.05) is 145 Å². The van der Waals surface area contributed by atoms with E-state index in [0.717, 1.165) is 33.9 Å². The first-order valence-electron chi connectivity index (χ1n) is 17.2. The molecule has 1 unspecified atom stereocenters. The molecule has 4 heteroatoms. The van der Waals surface area contributed by atoms with Crippen LogP contribution in [0.5, 0.6) is 0 Å². The predicted octanol–water partition coefficient (Wildman–Crippen LogP) is 12.7. The van der Waals surface area contributed by atoms with Gasteiger partial charge in [0, 0.05) is 46.7 Å². The molecule has 1 atom stereocenters. The Morgan fingerprint density at radius 3 is 1.82 bits per heavy atom. The number of nitrogens with zero attached hydrogens (tertiary/aromatic N) is 2. The third-order valence-corrected chi connectivity index (χ3v) is 12.8. The summed E-state index contributed by atoms with van der Waals surface area (Å²) < 4.78 is 2.66. The standard InChI is InChI=1S/C47H28N2S2/c1-3-13-29(14-4-1)40-28-41(30-15-5-2-6-16-30)49-46(48-40)31-23-24-38-45(25-31)51-43-22-12-10-20-37(43)47(38)36-19-9-7-17-32(36)34-27-44-35(26-39(34)47)33-18-8-11-21-42(33)50-44/h1-28H. The maximum atomic E-state index is 5.19. The maximum absolute atomic E-state index is 5.19. The molecule has 0 saturated heterocycles. The molecule has 0 fully saturated rings. The van der Waals surface area contributed by atoms with Crippen LogP contribution < -0.4 is 0 Å². The van der Waals surface area contributed by atoms with Crippen molar-refractivity contribution in [3.63, 3.8) is 0 Å². The average Bonchev–Trinajstić information content (AvgIpc) is 3.70. The van der Waals surface area contributed by atoms with E-state index in [0.29, 0.717) is 0 Å². The van der Waals surface area contributed by atoms with E-state index in [9.17, 15) is 0 Å². The molecule has 0 N–H and O–H groups in total. The molecule has 238 valence electrons. The Kier molecular flexibility index (Phi) is 6.30. The lowest BCUT2D eigenvalue weighted by atomic mass is 9.67. The van der Waals surface area contributed by atoms with Crippen LogP contribution in [0.3, 0.4) is 0 Å². The minimum atomic E-state index is -0.458. The van der Waals surface area contributed by atoms with Gasteiger partial charge in [0.25, 0.3) is 0 Å². The van der Waals surface area contributed by atoms with Crippen LogP contribution in [0.1, 0.15) is 22.3 Å². The summed E-state index contributed by atoms with van der Waals surface area (Å²) in [6, 6.07) is 61.7. The highest BCUT2D eigenvalue weighted by molar-refractivity contribution is 7.99. The van der Waals surface area contributed by atoms with E-state index in [1.807, 2.05) is 35.2 Å². The van der Waals surface area contributed by atoms with Crippen LogP contribution in [-0.2, 0) is 5.41 Å². The molecule has 1 aliphatic carbocycles. The van der Waals surface area contributed by atoms with E-state index in [1.54, 1.807) is 0 Å². The smallest absolute Gasteiger partial charge is 0.160 e. The van der Waals surface area contributed by atoms with Crippen molar-refractivity contribution in [2.75, 3.05) is 0 Å². The van der Waals surface area contributed by atoms with Crippen LogP contribution in [0.25, 0.3) is 65.2 Å². The quantitative estimate of drug-likeness (QED) is 0.185. The summed E-state index contributed by atoms with van der Waals surface area (Å²) in [5, 5.41) is 2.65. The fraction of sp³-hybridized carbons (Fsp3) is 0.0213. The Morgan fingerprint density at radius 1 is 0.392 bits per heavy atom. The lowest BCUT2D eigenvalue weighted by Crippen LogP contribution is -2.32. The summed E-state index contributed by atoms with van der Waals surface area (Å²) in [4.78, 5) is 12.9. The molecule has 11 rings (SSSR count). The molecule has 1 aliphatic heterocycles. The highest BCUT2D eigenvalue weighted by Crippen LogP contribution is 2.63. The first-order chi connectivity index (χ1) is 25.3. The van der Waals surface area contributed by atoms with Crippen LogP contribution in [-0.4, -0.2) is 9.97 Å². The molecule has 0 amide bonds. The third kappa shape index (κ3) is 4.24. The maximum Gasteiger partial charge on any atom is 0.160 e. The van der Waals surface area contributed by atoms with Gasteiger partial charge in [0.05, 0.1) is 16.8 Å². The number of hydrogen-bond acceptors (Lipinski definition) is 4. The molecule has 2 nitrogen and oxygen atoms in total. The largest absolute Gasteiger partial charge is 0.228 e. The zero-order valence-electron chi connectivity index (χ0n) is 27.4. The summed E-state index contributed by atoms with van der Waals surface area (Å²) in [7, 11) is 0. The van der Waals surface area contributed by atoms with Crippen molar-refractivity contribution in [2.24, 2.45) is 0 Å². The molecular formula is C47H28N2S2. The summed E-state index contributed by atoms with van der Waals surface area (Å²) in [5.74, 6) is 0.727. The van der Waals surface area contributed by atoms with Crippen molar-refractivity contribution >= 4 is 43.3 Å². The van der Waals surface area contributed by atoms with Gasteiger partial charge >= 0.3 is 0 Å². The van der Waals surface area contributed by atoms with Gasteiger partial charge in [-0.05, 0) is 69.8 Å². The van der Waals surface area contributed by atoms with Gasteiger partial charge in [0.1, 0.15) is 0 Å². The van der Waals surface area contributed by atoms with Gasteiger partial charge in [0.2, 0.25) is 0 Å². The van der Waals surface area contributed by atoms with E-state index in [-0.39, 0.29) is 0 Å². The molecule has 0 saturated carbocycles. The minimum absolute atomic E-state index is 0.458. The molecule has 7 aromatic carbocycles. The highest BCUT2D eigenvalue weighted by Gasteiger charge is 2.50. The van der Waals surface area contributed by atoms with Crippen LogP contribution >= 0.6 is 23.1 Å². The molecule has 2 aliphatic rings. The number of rotatable bonds is 3. The van der Waals surface area contributed by atoms with Crippen LogP contribution in [0.2, 0.25) is 0 Å². The predicted molar refractivity (Wildman–Crippen MR) is 213 cm³/mol. The SMILES string of the molecule is c1ccc(-c2cc(-c3ccccc3)nc(-c3ccc4c(c3)Sc3ccccc3C43c4ccccc4-c4cc5sc6ccccc6c5cc43)n2)cc1. The molecule has 3 heterocycles. The van der Waals surface area contributed by atoms with Crippen molar-refractivity contribution in [3.05, 3.63) is 192 Å². The van der Waals surface area contributed by atoms with Gasteiger partial charge in [-0.3, -0.25) is 0 Å². The second kappa shape index (κ2) is 11.1. The van der Waals surface area contributed by atoms with Crippen LogP contribution in [0, 0.1) is 0 Å². The zero-order valence-corrected chi connectivity index (χ0v) is 29.0. The molecule has 9 aromatic rings. The van der Waals surface area contributed by atoms with Crippen LogP contribution in [0.15, 0.2) is 180 Å². The number of aromatic nitrogens is 2. The van der Waals surface area contributed by atoms with Crippen molar-refractivity contribution in [1.29, 1.82) is 0 Å². The number of thiophene rings is 1. The van der Waals surface area contributed by atoms with E-state index < -0.39 is 5.41 Å². The minimum Gasteiger partial charge on any atom is -0.228 e. The van der Waals surface area contributed by atoms with Gasteiger partial charge in [-0.15, -0.1) is 11.3 Å². The number of hydrogen-bond donors (Lipinski definition) is 0. The van der Waals surface area contributed by atoms with Gasteiger partial charge in [-0.25, -0.2) is 9.97 Å². The molecule has 0 bridgehead atoms. The fourth-order valence-corrected chi connectivity index (χ4v) is 10.7. The van der Waals surface area contributed by atoms with Crippen molar-refractivity contribution in [1.82, 2.24) is 9.97 Å². The molecule has 2 aromatic heterocycles. The lowest BCUT2D eigenvalue weighted by Gasteiger charge is -2.39. The van der Waals surface area contributed by atoms with Gasteiger partial charge < -0.3 is 0 Å². The Morgan fingerprint density at radius 2 is 1.04 bits per heavy atom. The van der Waals surface area contributed by atoms with Crippen LogP contribution in [0.4, 0.5) is 0 Å². The van der Waals surface area contributed by atoms with Crippen molar-refractivity contribution in [2.45, 2.75) is 15.2 Å². The van der Waals surface area contributed by atoms with Gasteiger partial charge in [-0.2, -0.15) is 0 Å². The van der Waals surface area contributed by atoms with E-state index in [1.165, 1.54) is 63.3 Å². The molecular weight excluding hydrogens is 657 g/mol. The number of fused-ring (bicyclic) bond motifs is 12. The Bertz CT molecular complexity index is 2780. The zero-order chi connectivity index (χ0) is 33.5. The summed E-state index contributed by atoms with van der Waals surface area (Å²) >= 11 is 3.75. The molecule has 0 radical (unpaired) electrons. The Hall–Kier alpha value is -5.81. The Labute approximate surface area is 304 Å². The first kappa shape index (κ1) is 29.0. The van der Waals surface area contributed by atoms with Crippen molar-refractivity contribution < 1.29 is 0 Å². The average molecular weight is 685 g/mol. The topological polar surface area (TPSA) is 25.8 Å². The normalized spacial score (nSPS) is 15.5. The number of benzene rings is 7. The fourth-order valence-electron chi connectivity index (χ4n) is 8.35. The first-order valence-corrected chi connectivity index (χ1v) is 18.9. The van der Waals surface area contributed by atoms with E-state index >= 15 is 0 Å². The van der Waals surface area contributed by atoms with E-state index in [4.69, 9.17) is 9.97 Å². The van der Waals surface area contributed by atoms with Gasteiger partial charge in [0.15, 0.2) is 5.82 Å². The molecule has 51 heavy (non-hydrogen) atoms. The third-order valence-electron chi connectivity index (χ3n) is 10.6. The Balaban J connectivity index is 1.17. The highest BCUT2D eigenvalue weighted by atomic mass is 32.2. The summed E-state index contributed by atoms with van der Waals surface area (Å²) in [5.41, 5.74) is 12.5.